The van der Waals surface area contributed by atoms with Crippen LogP contribution in [-0.2, 0) is 0 Å². The van der Waals surface area contributed by atoms with Gasteiger partial charge in [0, 0.05) is 0 Å². The molecule has 0 heterocycles. The third-order valence-corrected chi connectivity index (χ3v) is 3.27. The third kappa shape index (κ3) is 1.30. The number of fused-ring (bicyclic) bond motifs is 1. The van der Waals surface area contributed by atoms with Crippen LogP contribution < -0.4 is 0 Å². The molecule has 0 radical (unpaired) electrons. The normalized spacial score (nSPS) is 40.5. The Kier molecular flexibility index (Phi) is 2.24. The Labute approximate surface area is 73.0 Å². The maximum absolute atomic E-state index is 10.5. The number of rotatable bonds is 1. The molecule has 1 saturated carbocycles. The van der Waals surface area contributed by atoms with Gasteiger partial charge in [0.15, 0.2) is 0 Å². The van der Waals surface area contributed by atoms with Crippen molar-refractivity contribution < 1.29 is 0 Å². The van der Waals surface area contributed by atoms with E-state index in [-0.39, 0.29) is 6.04 Å². The van der Waals surface area contributed by atoms with Crippen molar-refractivity contribution in [3.63, 3.8) is 0 Å². The summed E-state index contributed by atoms with van der Waals surface area (Å²) in [5.74, 6) is 1.23. The van der Waals surface area contributed by atoms with Crippen molar-refractivity contribution in [2.24, 2.45) is 17.0 Å². The average molecular weight is 165 g/mol. The van der Waals surface area contributed by atoms with E-state index in [1.807, 2.05) is 0 Å². The van der Waals surface area contributed by atoms with Crippen molar-refractivity contribution in [1.29, 1.82) is 0 Å². The Bertz CT molecular complexity index is 200. The van der Waals surface area contributed by atoms with E-state index >= 15 is 0 Å². The molecular weight excluding hydrogens is 150 g/mol. The van der Waals surface area contributed by atoms with Crippen LogP contribution >= 0.6 is 0 Å². The van der Waals surface area contributed by atoms with Crippen molar-refractivity contribution in [3.05, 3.63) is 17.1 Å². The van der Waals surface area contributed by atoms with Gasteiger partial charge >= 0.3 is 0 Å². The Morgan fingerprint density at radius 2 is 2.17 bits per heavy atom. The Balaban J connectivity index is 2.11. The molecule has 66 valence electrons. The SMILES string of the molecule is O=NC1CCCC2C=CCCC21. The maximum Gasteiger partial charge on any atom is 0.0953 e. The van der Waals surface area contributed by atoms with Gasteiger partial charge in [-0.3, -0.25) is 0 Å². The highest BCUT2D eigenvalue weighted by molar-refractivity contribution is 5.02. The van der Waals surface area contributed by atoms with Gasteiger partial charge in [0.05, 0.1) is 6.04 Å². The lowest BCUT2D eigenvalue weighted by Gasteiger charge is -2.35. The van der Waals surface area contributed by atoms with Crippen molar-refractivity contribution in [3.8, 4) is 0 Å². The van der Waals surface area contributed by atoms with Gasteiger partial charge in [-0.15, -0.1) is 0 Å². The van der Waals surface area contributed by atoms with Gasteiger partial charge in [0.1, 0.15) is 0 Å². The summed E-state index contributed by atoms with van der Waals surface area (Å²) in [5.41, 5.74) is 0. The van der Waals surface area contributed by atoms with Gasteiger partial charge in [0.2, 0.25) is 0 Å². The molecule has 2 nitrogen and oxygen atoms in total. The number of nitroso groups, excluding NO2 is 1. The molecule has 2 rings (SSSR count). The van der Waals surface area contributed by atoms with Crippen LogP contribution in [0.4, 0.5) is 0 Å². The van der Waals surface area contributed by atoms with Crippen molar-refractivity contribution in [1.82, 2.24) is 0 Å². The summed E-state index contributed by atoms with van der Waals surface area (Å²) >= 11 is 0. The zero-order chi connectivity index (χ0) is 8.39. The molecule has 0 aromatic heterocycles. The molecule has 0 spiro atoms. The van der Waals surface area contributed by atoms with Gasteiger partial charge in [-0.05, 0) is 37.5 Å². The lowest BCUT2D eigenvalue weighted by molar-refractivity contribution is 0.223. The predicted octanol–water partition coefficient (Wildman–Crippen LogP) is 2.89. The molecule has 0 aromatic carbocycles. The molecule has 0 aliphatic heterocycles. The Hall–Kier alpha value is -0.660. The first kappa shape index (κ1) is 7.96. The molecule has 0 saturated heterocycles. The topological polar surface area (TPSA) is 29.4 Å². The quantitative estimate of drug-likeness (QED) is 0.434. The van der Waals surface area contributed by atoms with Crippen molar-refractivity contribution in [2.75, 3.05) is 0 Å². The van der Waals surface area contributed by atoms with E-state index in [9.17, 15) is 4.91 Å². The molecule has 0 amide bonds. The standard InChI is InChI=1S/C10H15NO/c12-11-10-7-3-5-8-4-1-2-6-9(8)10/h1,4,8-10H,2-3,5-7H2. The van der Waals surface area contributed by atoms with E-state index in [1.54, 1.807) is 0 Å². The second-order valence-electron chi connectivity index (χ2n) is 3.94. The smallest absolute Gasteiger partial charge is 0.0953 e. The molecule has 12 heavy (non-hydrogen) atoms. The summed E-state index contributed by atoms with van der Waals surface area (Å²) in [5, 5.41) is 3.25. The van der Waals surface area contributed by atoms with Gasteiger partial charge in [0.25, 0.3) is 0 Å². The summed E-state index contributed by atoms with van der Waals surface area (Å²) in [6, 6.07) is 0.119. The fourth-order valence-electron chi connectivity index (χ4n) is 2.61. The maximum atomic E-state index is 10.5. The van der Waals surface area contributed by atoms with Crippen LogP contribution in [0.2, 0.25) is 0 Å². The van der Waals surface area contributed by atoms with Crippen LogP contribution in [0.25, 0.3) is 0 Å². The third-order valence-electron chi connectivity index (χ3n) is 3.27. The second kappa shape index (κ2) is 3.38. The largest absolute Gasteiger partial charge is 0.151 e. The monoisotopic (exact) mass is 165 g/mol. The number of hydrogen-bond acceptors (Lipinski definition) is 2. The summed E-state index contributed by atoms with van der Waals surface area (Å²) in [4.78, 5) is 10.5. The molecule has 3 atom stereocenters. The highest BCUT2D eigenvalue weighted by Crippen LogP contribution is 2.38. The molecule has 0 bridgehead atoms. The predicted molar refractivity (Wildman–Crippen MR) is 48.8 cm³/mol. The van der Waals surface area contributed by atoms with E-state index in [1.165, 1.54) is 19.3 Å². The fraction of sp³-hybridized carbons (Fsp3) is 0.800. The summed E-state index contributed by atoms with van der Waals surface area (Å²) in [6.45, 7) is 0. The van der Waals surface area contributed by atoms with Crippen LogP contribution in [0, 0.1) is 16.7 Å². The van der Waals surface area contributed by atoms with Crippen molar-refractivity contribution >= 4 is 0 Å². The molecule has 1 fully saturated rings. The van der Waals surface area contributed by atoms with Crippen LogP contribution in [-0.4, -0.2) is 6.04 Å². The lowest BCUT2D eigenvalue weighted by atomic mass is 9.71. The highest BCUT2D eigenvalue weighted by Gasteiger charge is 2.33. The van der Waals surface area contributed by atoms with Crippen molar-refractivity contribution in [2.45, 2.75) is 38.1 Å². The first-order chi connectivity index (χ1) is 5.92. The number of allylic oxidation sites excluding steroid dienone is 2. The van der Waals surface area contributed by atoms with E-state index in [0.29, 0.717) is 11.8 Å². The van der Waals surface area contributed by atoms with E-state index < -0.39 is 0 Å². The van der Waals surface area contributed by atoms with Crippen LogP contribution in [0.5, 0.6) is 0 Å². The van der Waals surface area contributed by atoms with Gasteiger partial charge in [-0.25, -0.2) is 0 Å². The van der Waals surface area contributed by atoms with Crippen LogP contribution in [0.15, 0.2) is 17.3 Å². The molecule has 3 unspecified atom stereocenters. The Morgan fingerprint density at radius 3 is 3.00 bits per heavy atom. The fourth-order valence-corrected chi connectivity index (χ4v) is 2.61. The zero-order valence-electron chi connectivity index (χ0n) is 7.28. The van der Waals surface area contributed by atoms with Gasteiger partial charge < -0.3 is 0 Å². The minimum atomic E-state index is 0.119. The zero-order valence-corrected chi connectivity index (χ0v) is 7.28. The van der Waals surface area contributed by atoms with E-state index in [4.69, 9.17) is 0 Å². The molecule has 2 aliphatic carbocycles. The minimum absolute atomic E-state index is 0.119. The first-order valence-electron chi connectivity index (χ1n) is 4.91. The second-order valence-corrected chi connectivity index (χ2v) is 3.94. The molecule has 0 N–H and O–H groups in total. The Morgan fingerprint density at radius 1 is 1.25 bits per heavy atom. The number of nitrogens with zero attached hydrogens (tertiary/aromatic N) is 1. The molecule has 0 aromatic rings. The highest BCUT2D eigenvalue weighted by atomic mass is 16.3. The van der Waals surface area contributed by atoms with E-state index in [2.05, 4.69) is 17.3 Å². The van der Waals surface area contributed by atoms with Gasteiger partial charge in [-0.2, -0.15) is 4.91 Å². The molecular formula is C10H15NO. The summed E-state index contributed by atoms with van der Waals surface area (Å²) in [6.07, 6.45) is 10.4. The summed E-state index contributed by atoms with van der Waals surface area (Å²) < 4.78 is 0. The van der Waals surface area contributed by atoms with Gasteiger partial charge in [-0.1, -0.05) is 23.7 Å². The van der Waals surface area contributed by atoms with E-state index in [0.717, 1.165) is 12.8 Å². The average Bonchev–Trinajstić information content (AvgIpc) is 2.17. The first-order valence-corrected chi connectivity index (χ1v) is 4.91. The van der Waals surface area contributed by atoms with Crippen LogP contribution in [0.1, 0.15) is 32.1 Å². The molecule has 2 aliphatic rings. The minimum Gasteiger partial charge on any atom is -0.151 e. The van der Waals surface area contributed by atoms with Crippen LogP contribution in [0.3, 0.4) is 0 Å². The lowest BCUT2D eigenvalue weighted by Crippen LogP contribution is -2.31. The number of hydrogen-bond donors (Lipinski definition) is 0. The summed E-state index contributed by atoms with van der Waals surface area (Å²) in [7, 11) is 0. The molecule has 2 heteroatoms.